The maximum absolute atomic E-state index is 12.1. The van der Waals surface area contributed by atoms with Gasteiger partial charge >= 0.3 is 0 Å². The second-order valence-corrected chi connectivity index (χ2v) is 7.13. The molecule has 5 nitrogen and oxygen atoms in total. The Balaban J connectivity index is 2.00. The summed E-state index contributed by atoms with van der Waals surface area (Å²) in [5.41, 5.74) is 0. The first kappa shape index (κ1) is 15.2. The number of hydrogen-bond acceptors (Lipinski definition) is 5. The van der Waals surface area contributed by atoms with Gasteiger partial charge in [0.05, 0.1) is 11.4 Å². The third-order valence-corrected chi connectivity index (χ3v) is 5.19. The van der Waals surface area contributed by atoms with E-state index < -0.39 is 10.0 Å². The summed E-state index contributed by atoms with van der Waals surface area (Å²) in [4.78, 5) is 1.31. The van der Waals surface area contributed by atoms with Gasteiger partial charge in [-0.2, -0.15) is 0 Å². The Morgan fingerprint density at radius 3 is 2.75 bits per heavy atom. The Kier molecular flexibility index (Phi) is 4.98. The number of aryl methyl sites for hydroxylation is 1. The van der Waals surface area contributed by atoms with Crippen molar-refractivity contribution in [1.29, 1.82) is 0 Å². The van der Waals surface area contributed by atoms with E-state index in [-0.39, 0.29) is 6.54 Å². The van der Waals surface area contributed by atoms with Crippen LogP contribution in [0.15, 0.2) is 32.9 Å². The van der Waals surface area contributed by atoms with Gasteiger partial charge in [0.1, 0.15) is 11.5 Å². The molecule has 0 bridgehead atoms. The molecule has 0 amide bonds. The normalized spacial score (nSPS) is 11.9. The fraction of sp³-hybridized carbons (Fsp3) is 0.385. The smallest absolute Gasteiger partial charge is 0.241 e. The van der Waals surface area contributed by atoms with Crippen molar-refractivity contribution in [2.24, 2.45) is 0 Å². The molecule has 2 rings (SSSR count). The van der Waals surface area contributed by atoms with E-state index >= 15 is 0 Å². The molecule has 7 heteroatoms. The van der Waals surface area contributed by atoms with Crippen LogP contribution in [-0.4, -0.2) is 15.0 Å². The highest BCUT2D eigenvalue weighted by Crippen LogP contribution is 2.19. The number of thiophene rings is 1. The molecule has 0 aliphatic heterocycles. The number of rotatable bonds is 7. The average Bonchev–Trinajstić information content (AvgIpc) is 3.03. The van der Waals surface area contributed by atoms with Gasteiger partial charge in [0.25, 0.3) is 0 Å². The minimum atomic E-state index is -3.48. The summed E-state index contributed by atoms with van der Waals surface area (Å²) >= 11 is 1.44. The molecular weight excluding hydrogens is 296 g/mol. The summed E-state index contributed by atoms with van der Waals surface area (Å²) in [7, 11) is -3.48. The molecule has 0 aliphatic carbocycles. The van der Waals surface area contributed by atoms with Gasteiger partial charge in [0.2, 0.25) is 10.0 Å². The van der Waals surface area contributed by atoms with Gasteiger partial charge in [-0.15, -0.1) is 11.3 Å². The lowest BCUT2D eigenvalue weighted by molar-refractivity contribution is 0.475. The molecule has 0 saturated heterocycles. The fourth-order valence-corrected chi connectivity index (χ4v) is 3.91. The van der Waals surface area contributed by atoms with E-state index in [1.54, 1.807) is 17.5 Å². The van der Waals surface area contributed by atoms with Crippen LogP contribution in [0.4, 0.5) is 0 Å². The maximum Gasteiger partial charge on any atom is 0.241 e. The standard InChI is InChI=1S/C13H18N2O3S2/c1-3-14-8-12-6-13(9-19-12)20(16,17)15-7-11-5-4-10(2)18-11/h4-6,9,14-15H,3,7-8H2,1-2H3. The van der Waals surface area contributed by atoms with Gasteiger partial charge in [-0.05, 0) is 31.7 Å². The highest BCUT2D eigenvalue weighted by atomic mass is 32.2. The van der Waals surface area contributed by atoms with E-state index in [0.717, 1.165) is 17.2 Å². The second-order valence-electron chi connectivity index (χ2n) is 4.37. The fourth-order valence-electron chi connectivity index (χ4n) is 1.67. The molecular formula is C13H18N2O3S2. The minimum absolute atomic E-state index is 0.161. The van der Waals surface area contributed by atoms with E-state index in [2.05, 4.69) is 10.0 Å². The summed E-state index contributed by atoms with van der Waals surface area (Å²) in [6.45, 7) is 5.54. The molecule has 110 valence electrons. The number of furan rings is 1. The number of nitrogens with one attached hydrogen (secondary N) is 2. The van der Waals surface area contributed by atoms with E-state index in [0.29, 0.717) is 17.2 Å². The Morgan fingerprint density at radius 2 is 2.10 bits per heavy atom. The van der Waals surface area contributed by atoms with Gasteiger partial charge < -0.3 is 9.73 Å². The van der Waals surface area contributed by atoms with Gasteiger partial charge in [-0.1, -0.05) is 6.92 Å². The summed E-state index contributed by atoms with van der Waals surface area (Å²) in [5, 5.41) is 4.83. The van der Waals surface area contributed by atoms with Gasteiger partial charge in [0, 0.05) is 16.8 Å². The molecule has 0 aliphatic rings. The Bertz CT molecular complexity index is 659. The first-order valence-corrected chi connectivity index (χ1v) is 8.70. The lowest BCUT2D eigenvalue weighted by Gasteiger charge is -2.02. The molecule has 0 fully saturated rings. The van der Waals surface area contributed by atoms with Crippen LogP contribution in [0.1, 0.15) is 23.3 Å². The molecule has 20 heavy (non-hydrogen) atoms. The quantitative estimate of drug-likeness (QED) is 0.822. The largest absolute Gasteiger partial charge is 0.465 e. The van der Waals surface area contributed by atoms with Crippen molar-refractivity contribution in [3.63, 3.8) is 0 Å². The Labute approximate surface area is 123 Å². The maximum atomic E-state index is 12.1. The van der Waals surface area contributed by atoms with Crippen LogP contribution in [0, 0.1) is 6.92 Å². The Morgan fingerprint density at radius 1 is 1.30 bits per heavy atom. The highest BCUT2D eigenvalue weighted by molar-refractivity contribution is 7.89. The zero-order chi connectivity index (χ0) is 14.6. The third-order valence-electron chi connectivity index (χ3n) is 2.72. The van der Waals surface area contributed by atoms with Crippen molar-refractivity contribution in [2.75, 3.05) is 6.54 Å². The highest BCUT2D eigenvalue weighted by Gasteiger charge is 2.16. The molecule has 0 spiro atoms. The molecule has 2 N–H and O–H groups in total. The summed E-state index contributed by atoms with van der Waals surface area (Å²) < 4.78 is 32.1. The lowest BCUT2D eigenvalue weighted by Crippen LogP contribution is -2.22. The number of sulfonamides is 1. The minimum Gasteiger partial charge on any atom is -0.465 e. The molecule has 0 unspecified atom stereocenters. The zero-order valence-electron chi connectivity index (χ0n) is 11.5. The van der Waals surface area contributed by atoms with Crippen molar-refractivity contribution < 1.29 is 12.8 Å². The third kappa shape index (κ3) is 3.92. The van der Waals surface area contributed by atoms with E-state index in [1.165, 1.54) is 11.3 Å². The van der Waals surface area contributed by atoms with Gasteiger partial charge in [-0.3, -0.25) is 0 Å². The van der Waals surface area contributed by atoms with E-state index in [9.17, 15) is 8.42 Å². The van der Waals surface area contributed by atoms with Gasteiger partial charge in [-0.25, -0.2) is 13.1 Å². The molecule has 2 aromatic heterocycles. The predicted molar refractivity (Wildman–Crippen MR) is 79.2 cm³/mol. The average molecular weight is 314 g/mol. The van der Waals surface area contributed by atoms with Crippen molar-refractivity contribution >= 4 is 21.4 Å². The topological polar surface area (TPSA) is 71.3 Å². The Hall–Kier alpha value is -1.15. The lowest BCUT2D eigenvalue weighted by atomic mass is 10.4. The predicted octanol–water partition coefficient (Wildman–Crippen LogP) is 2.24. The molecule has 0 radical (unpaired) electrons. The van der Waals surface area contributed by atoms with Crippen LogP contribution in [0.25, 0.3) is 0 Å². The SMILES string of the molecule is CCNCc1cc(S(=O)(=O)NCc2ccc(C)o2)cs1. The van der Waals surface area contributed by atoms with E-state index in [4.69, 9.17) is 4.42 Å². The van der Waals surface area contributed by atoms with Gasteiger partial charge in [0.15, 0.2) is 0 Å². The van der Waals surface area contributed by atoms with Crippen molar-refractivity contribution in [1.82, 2.24) is 10.0 Å². The molecule has 0 atom stereocenters. The van der Waals surface area contributed by atoms with Crippen molar-refractivity contribution in [2.45, 2.75) is 31.8 Å². The van der Waals surface area contributed by atoms with Crippen molar-refractivity contribution in [3.05, 3.63) is 40.0 Å². The molecule has 0 aromatic carbocycles. The summed E-state index contributed by atoms with van der Waals surface area (Å²) in [6.07, 6.45) is 0. The summed E-state index contributed by atoms with van der Waals surface area (Å²) in [6, 6.07) is 5.27. The van der Waals surface area contributed by atoms with Crippen LogP contribution in [0.2, 0.25) is 0 Å². The van der Waals surface area contributed by atoms with Crippen LogP contribution < -0.4 is 10.0 Å². The van der Waals surface area contributed by atoms with Crippen LogP contribution in [-0.2, 0) is 23.1 Å². The first-order chi connectivity index (χ1) is 9.51. The first-order valence-electron chi connectivity index (χ1n) is 6.34. The molecule has 2 heterocycles. The van der Waals surface area contributed by atoms with Crippen molar-refractivity contribution in [3.8, 4) is 0 Å². The molecule has 0 saturated carbocycles. The number of hydrogen-bond donors (Lipinski definition) is 2. The molecule has 2 aromatic rings. The second kappa shape index (κ2) is 6.53. The van der Waals surface area contributed by atoms with Crippen LogP contribution in [0.3, 0.4) is 0 Å². The van der Waals surface area contributed by atoms with Crippen LogP contribution in [0.5, 0.6) is 0 Å². The zero-order valence-corrected chi connectivity index (χ0v) is 13.1. The summed E-state index contributed by atoms with van der Waals surface area (Å²) in [5.74, 6) is 1.37. The van der Waals surface area contributed by atoms with E-state index in [1.807, 2.05) is 19.9 Å². The van der Waals surface area contributed by atoms with Crippen LogP contribution >= 0.6 is 11.3 Å². The monoisotopic (exact) mass is 314 g/mol.